The number of aromatic hydroxyl groups is 1. The van der Waals surface area contributed by atoms with Crippen LogP contribution in [0.1, 0.15) is 10.4 Å². The van der Waals surface area contributed by atoms with Gasteiger partial charge in [0.2, 0.25) is 0 Å². The molecule has 0 aliphatic rings. The molecule has 3 nitrogen and oxygen atoms in total. The molecule has 1 aromatic heterocycles. The molecule has 0 unspecified atom stereocenters. The van der Waals surface area contributed by atoms with Gasteiger partial charge in [-0.25, -0.2) is 4.79 Å². The number of carbonyl (C=O) groups is 1. The Morgan fingerprint density at radius 2 is 2.07 bits per heavy atom. The van der Waals surface area contributed by atoms with E-state index >= 15 is 0 Å². The van der Waals surface area contributed by atoms with Crippen molar-refractivity contribution in [2.45, 2.75) is 0 Å². The molecular formula is C11H8O3S. The Labute approximate surface area is 90.2 Å². The fraction of sp³-hybridized carbons (Fsp3) is 0. The van der Waals surface area contributed by atoms with E-state index in [1.165, 1.54) is 12.1 Å². The maximum atomic E-state index is 10.7. The molecule has 0 aliphatic carbocycles. The highest BCUT2D eigenvalue weighted by Crippen LogP contribution is 2.29. The van der Waals surface area contributed by atoms with Crippen LogP contribution in [0.3, 0.4) is 0 Å². The van der Waals surface area contributed by atoms with Gasteiger partial charge in [-0.1, -0.05) is 12.1 Å². The first-order chi connectivity index (χ1) is 7.18. The van der Waals surface area contributed by atoms with Crippen molar-refractivity contribution < 1.29 is 15.0 Å². The van der Waals surface area contributed by atoms with E-state index in [0.717, 1.165) is 10.4 Å². The van der Waals surface area contributed by atoms with Crippen molar-refractivity contribution in [2.75, 3.05) is 0 Å². The summed E-state index contributed by atoms with van der Waals surface area (Å²) >= 11 is 1.54. The highest BCUT2D eigenvalue weighted by Gasteiger charge is 2.10. The van der Waals surface area contributed by atoms with E-state index in [4.69, 9.17) is 5.11 Å². The van der Waals surface area contributed by atoms with Crippen LogP contribution < -0.4 is 0 Å². The molecule has 2 rings (SSSR count). The number of benzene rings is 1. The van der Waals surface area contributed by atoms with Crippen molar-refractivity contribution in [2.24, 2.45) is 0 Å². The third kappa shape index (κ3) is 1.85. The smallest absolute Gasteiger partial charge is 0.339 e. The predicted octanol–water partition coefficient (Wildman–Crippen LogP) is 2.82. The Bertz CT molecular complexity index is 489. The molecular weight excluding hydrogens is 212 g/mol. The lowest BCUT2D eigenvalue weighted by Crippen LogP contribution is -1.96. The van der Waals surface area contributed by atoms with Gasteiger partial charge in [0.25, 0.3) is 0 Å². The minimum Gasteiger partial charge on any atom is -0.507 e. The van der Waals surface area contributed by atoms with Crippen molar-refractivity contribution in [3.05, 3.63) is 41.3 Å². The number of thiophene rings is 1. The van der Waals surface area contributed by atoms with Crippen molar-refractivity contribution in [3.63, 3.8) is 0 Å². The molecule has 0 bridgehead atoms. The molecule has 0 saturated heterocycles. The molecule has 0 atom stereocenters. The first-order valence-corrected chi connectivity index (χ1v) is 5.16. The lowest BCUT2D eigenvalue weighted by Gasteiger charge is -2.02. The second-order valence-electron chi connectivity index (χ2n) is 3.01. The Morgan fingerprint density at radius 3 is 2.60 bits per heavy atom. The molecule has 76 valence electrons. The lowest BCUT2D eigenvalue weighted by atomic mass is 10.1. The first kappa shape index (κ1) is 9.73. The summed E-state index contributed by atoms with van der Waals surface area (Å²) in [5.74, 6) is -1.32. The second-order valence-corrected chi connectivity index (χ2v) is 3.96. The number of carboxylic acid groups (broad SMARTS) is 1. The fourth-order valence-corrected chi connectivity index (χ4v) is 2.03. The van der Waals surface area contributed by atoms with Crippen LogP contribution in [0.15, 0.2) is 35.7 Å². The SMILES string of the molecule is O=C(O)c1ccc(-c2cccs2)cc1O. The maximum absolute atomic E-state index is 10.7. The molecule has 0 fully saturated rings. The molecule has 1 aromatic carbocycles. The van der Waals surface area contributed by atoms with Gasteiger partial charge < -0.3 is 10.2 Å². The zero-order valence-corrected chi connectivity index (χ0v) is 8.49. The Balaban J connectivity index is 2.47. The van der Waals surface area contributed by atoms with E-state index in [1.54, 1.807) is 17.4 Å². The average Bonchev–Trinajstić information content (AvgIpc) is 2.69. The van der Waals surface area contributed by atoms with Crippen LogP contribution in [-0.2, 0) is 0 Å². The van der Waals surface area contributed by atoms with Crippen LogP contribution in [-0.4, -0.2) is 16.2 Å². The van der Waals surface area contributed by atoms with Gasteiger partial charge in [0.05, 0.1) is 0 Å². The summed E-state index contributed by atoms with van der Waals surface area (Å²) in [5.41, 5.74) is 0.753. The van der Waals surface area contributed by atoms with Gasteiger partial charge in [-0.2, -0.15) is 0 Å². The van der Waals surface area contributed by atoms with Gasteiger partial charge >= 0.3 is 5.97 Å². The zero-order chi connectivity index (χ0) is 10.8. The zero-order valence-electron chi connectivity index (χ0n) is 7.68. The van der Waals surface area contributed by atoms with Gasteiger partial charge in [0.15, 0.2) is 0 Å². The summed E-state index contributed by atoms with van der Waals surface area (Å²) in [6.45, 7) is 0. The van der Waals surface area contributed by atoms with E-state index < -0.39 is 5.97 Å². The standard InChI is InChI=1S/C11H8O3S/c12-9-6-7(10-2-1-5-15-10)3-4-8(9)11(13)14/h1-6,12H,(H,13,14). The van der Waals surface area contributed by atoms with Crippen LogP contribution in [0.2, 0.25) is 0 Å². The van der Waals surface area contributed by atoms with Crippen LogP contribution in [0.4, 0.5) is 0 Å². The second kappa shape index (κ2) is 3.74. The van der Waals surface area contributed by atoms with E-state index in [0.29, 0.717) is 0 Å². The van der Waals surface area contributed by atoms with Crippen molar-refractivity contribution >= 4 is 17.3 Å². The topological polar surface area (TPSA) is 57.5 Å². The summed E-state index contributed by atoms with van der Waals surface area (Å²) in [6.07, 6.45) is 0. The molecule has 1 heterocycles. The summed E-state index contributed by atoms with van der Waals surface area (Å²) in [4.78, 5) is 11.7. The van der Waals surface area contributed by atoms with Crippen LogP contribution in [0.25, 0.3) is 10.4 Å². The number of hydrogen-bond donors (Lipinski definition) is 2. The number of carboxylic acids is 1. The van der Waals surface area contributed by atoms with Crippen molar-refractivity contribution in [1.82, 2.24) is 0 Å². The van der Waals surface area contributed by atoms with Gasteiger partial charge in [0.1, 0.15) is 11.3 Å². The summed E-state index contributed by atoms with van der Waals surface area (Å²) < 4.78 is 0. The monoisotopic (exact) mass is 220 g/mol. The van der Waals surface area contributed by atoms with E-state index in [9.17, 15) is 9.90 Å². The summed E-state index contributed by atoms with van der Waals surface area (Å²) in [7, 11) is 0. The van der Waals surface area contributed by atoms with E-state index in [-0.39, 0.29) is 11.3 Å². The first-order valence-electron chi connectivity index (χ1n) is 4.28. The minimum atomic E-state index is -1.12. The molecule has 0 radical (unpaired) electrons. The molecule has 2 N–H and O–H groups in total. The largest absolute Gasteiger partial charge is 0.507 e. The van der Waals surface area contributed by atoms with Crippen LogP contribution in [0, 0.1) is 0 Å². The maximum Gasteiger partial charge on any atom is 0.339 e. The van der Waals surface area contributed by atoms with Gasteiger partial charge in [-0.15, -0.1) is 11.3 Å². The highest BCUT2D eigenvalue weighted by atomic mass is 32.1. The predicted molar refractivity (Wildman–Crippen MR) is 58.4 cm³/mol. The number of phenols is 1. The molecule has 15 heavy (non-hydrogen) atoms. The van der Waals surface area contributed by atoms with Crippen LogP contribution >= 0.6 is 11.3 Å². The number of rotatable bonds is 2. The normalized spacial score (nSPS) is 10.1. The fourth-order valence-electron chi connectivity index (χ4n) is 1.31. The third-order valence-electron chi connectivity index (χ3n) is 2.03. The van der Waals surface area contributed by atoms with Crippen molar-refractivity contribution in [1.29, 1.82) is 0 Å². The number of aromatic carboxylic acids is 1. The van der Waals surface area contributed by atoms with Gasteiger partial charge in [-0.3, -0.25) is 0 Å². The molecule has 2 aromatic rings. The average molecular weight is 220 g/mol. The van der Waals surface area contributed by atoms with Crippen molar-refractivity contribution in [3.8, 4) is 16.2 Å². The Morgan fingerprint density at radius 1 is 1.27 bits per heavy atom. The molecule has 0 spiro atoms. The van der Waals surface area contributed by atoms with E-state index in [2.05, 4.69) is 0 Å². The molecule has 4 heteroatoms. The lowest BCUT2D eigenvalue weighted by molar-refractivity contribution is 0.0694. The van der Waals surface area contributed by atoms with E-state index in [1.807, 2.05) is 17.5 Å². The van der Waals surface area contributed by atoms with Gasteiger partial charge in [0, 0.05) is 4.88 Å². The molecule has 0 saturated carbocycles. The molecule has 0 amide bonds. The highest BCUT2D eigenvalue weighted by molar-refractivity contribution is 7.13. The summed E-state index contributed by atoms with van der Waals surface area (Å²) in [5, 5.41) is 20.1. The minimum absolute atomic E-state index is 0.0738. The third-order valence-corrected chi connectivity index (χ3v) is 2.95. The van der Waals surface area contributed by atoms with Crippen LogP contribution in [0.5, 0.6) is 5.75 Å². The summed E-state index contributed by atoms with van der Waals surface area (Å²) in [6, 6.07) is 8.39. The number of hydrogen-bond acceptors (Lipinski definition) is 3. The molecule has 0 aliphatic heterocycles. The van der Waals surface area contributed by atoms with Gasteiger partial charge in [-0.05, 0) is 29.1 Å². The quantitative estimate of drug-likeness (QED) is 0.818. The Hall–Kier alpha value is -1.81. The Kier molecular flexibility index (Phi) is 2.43.